The van der Waals surface area contributed by atoms with Gasteiger partial charge in [-0.25, -0.2) is 9.97 Å². The lowest BCUT2D eigenvalue weighted by Gasteiger charge is -2.28. The molecule has 0 aromatic carbocycles. The Kier molecular flexibility index (Phi) is 2.35. The maximum atomic E-state index is 13.1. The number of hydrogen-bond donors (Lipinski definition) is 0. The van der Waals surface area contributed by atoms with E-state index in [0.29, 0.717) is 32.0 Å². The highest BCUT2D eigenvalue weighted by molar-refractivity contribution is 5.43. The Labute approximate surface area is 75.4 Å². The SMILES string of the molecule is Fc1ncncc1N1CCOCC1. The lowest BCUT2D eigenvalue weighted by atomic mass is 10.3. The number of morpholine rings is 1. The molecule has 0 aliphatic carbocycles. The summed E-state index contributed by atoms with van der Waals surface area (Å²) >= 11 is 0. The minimum atomic E-state index is -0.461. The van der Waals surface area contributed by atoms with Crippen molar-refractivity contribution in [1.29, 1.82) is 0 Å². The molecule has 70 valence electrons. The first kappa shape index (κ1) is 8.37. The summed E-state index contributed by atoms with van der Waals surface area (Å²) < 4.78 is 18.3. The largest absolute Gasteiger partial charge is 0.378 e. The normalized spacial score (nSPS) is 17.5. The van der Waals surface area contributed by atoms with Crippen molar-refractivity contribution in [1.82, 2.24) is 9.97 Å². The first-order valence-electron chi connectivity index (χ1n) is 4.16. The van der Waals surface area contributed by atoms with Gasteiger partial charge in [-0.05, 0) is 0 Å². The van der Waals surface area contributed by atoms with Gasteiger partial charge in [-0.2, -0.15) is 4.39 Å². The third-order valence-corrected chi connectivity index (χ3v) is 2.00. The predicted octanol–water partition coefficient (Wildman–Crippen LogP) is 0.452. The summed E-state index contributed by atoms with van der Waals surface area (Å²) in [5.41, 5.74) is 0.464. The Bertz CT molecular complexity index is 288. The van der Waals surface area contributed by atoms with Gasteiger partial charge in [-0.15, -0.1) is 0 Å². The minimum Gasteiger partial charge on any atom is -0.378 e. The van der Waals surface area contributed by atoms with Crippen molar-refractivity contribution < 1.29 is 9.13 Å². The average Bonchev–Trinajstić information content (AvgIpc) is 2.20. The number of anilines is 1. The quantitative estimate of drug-likeness (QED) is 0.592. The van der Waals surface area contributed by atoms with E-state index in [1.54, 1.807) is 0 Å². The van der Waals surface area contributed by atoms with E-state index in [9.17, 15) is 4.39 Å². The lowest BCUT2D eigenvalue weighted by molar-refractivity contribution is 0.122. The van der Waals surface area contributed by atoms with Gasteiger partial charge < -0.3 is 9.64 Å². The summed E-state index contributed by atoms with van der Waals surface area (Å²) in [6.07, 6.45) is 2.70. The number of ether oxygens (including phenoxy) is 1. The van der Waals surface area contributed by atoms with Crippen molar-refractivity contribution >= 4 is 5.69 Å². The molecule has 0 unspecified atom stereocenters. The van der Waals surface area contributed by atoms with Gasteiger partial charge in [0.25, 0.3) is 0 Å². The predicted molar refractivity (Wildman–Crippen MR) is 45.0 cm³/mol. The molecule has 1 aliphatic rings. The van der Waals surface area contributed by atoms with Crippen molar-refractivity contribution in [3.8, 4) is 0 Å². The van der Waals surface area contributed by atoms with E-state index in [-0.39, 0.29) is 0 Å². The standard InChI is InChI=1S/C8H10FN3O/c9-8-7(5-10-6-11-8)12-1-3-13-4-2-12/h5-6H,1-4H2. The summed E-state index contributed by atoms with van der Waals surface area (Å²) in [4.78, 5) is 9.17. The zero-order chi connectivity index (χ0) is 9.10. The Balaban J connectivity index is 2.18. The monoisotopic (exact) mass is 183 g/mol. The molecular weight excluding hydrogens is 173 g/mol. The van der Waals surface area contributed by atoms with Crippen LogP contribution in [0, 0.1) is 5.95 Å². The van der Waals surface area contributed by atoms with Crippen LogP contribution < -0.4 is 4.90 Å². The second-order valence-corrected chi connectivity index (χ2v) is 2.80. The van der Waals surface area contributed by atoms with Crippen LogP contribution in [0.2, 0.25) is 0 Å². The summed E-state index contributed by atoms with van der Waals surface area (Å²) in [5.74, 6) is -0.461. The average molecular weight is 183 g/mol. The molecule has 1 aromatic heterocycles. The highest BCUT2D eigenvalue weighted by Gasteiger charge is 2.15. The van der Waals surface area contributed by atoms with E-state index in [1.807, 2.05) is 4.90 Å². The molecule has 1 fully saturated rings. The summed E-state index contributed by atoms with van der Waals surface area (Å²) in [6, 6.07) is 0. The van der Waals surface area contributed by atoms with Gasteiger partial charge in [-0.3, -0.25) is 0 Å². The molecule has 5 heteroatoms. The van der Waals surface area contributed by atoms with Crippen LogP contribution in [0.25, 0.3) is 0 Å². The molecule has 1 aliphatic heterocycles. The van der Waals surface area contributed by atoms with Gasteiger partial charge in [0.2, 0.25) is 5.95 Å². The van der Waals surface area contributed by atoms with Crippen LogP contribution in [-0.4, -0.2) is 36.3 Å². The third-order valence-electron chi connectivity index (χ3n) is 2.00. The van der Waals surface area contributed by atoms with Gasteiger partial charge in [-0.1, -0.05) is 0 Å². The maximum absolute atomic E-state index is 13.1. The third kappa shape index (κ3) is 1.75. The van der Waals surface area contributed by atoms with Gasteiger partial charge in [0.05, 0.1) is 19.4 Å². The number of aromatic nitrogens is 2. The summed E-state index contributed by atoms with van der Waals surface area (Å²) in [7, 11) is 0. The van der Waals surface area contributed by atoms with Crippen LogP contribution in [0.4, 0.5) is 10.1 Å². The molecule has 0 atom stereocenters. The number of halogens is 1. The van der Waals surface area contributed by atoms with Crippen LogP contribution in [0.3, 0.4) is 0 Å². The number of rotatable bonds is 1. The molecule has 4 nitrogen and oxygen atoms in total. The highest BCUT2D eigenvalue weighted by atomic mass is 19.1. The van der Waals surface area contributed by atoms with Crippen molar-refractivity contribution in [3.05, 3.63) is 18.5 Å². The smallest absolute Gasteiger partial charge is 0.239 e. The minimum absolute atomic E-state index is 0.461. The summed E-state index contributed by atoms with van der Waals surface area (Å²) in [6.45, 7) is 2.66. The van der Waals surface area contributed by atoms with E-state index in [4.69, 9.17) is 4.74 Å². The topological polar surface area (TPSA) is 38.2 Å². The van der Waals surface area contributed by atoms with Gasteiger partial charge in [0, 0.05) is 13.1 Å². The molecule has 1 saturated heterocycles. The second-order valence-electron chi connectivity index (χ2n) is 2.80. The Morgan fingerprint density at radius 2 is 2.15 bits per heavy atom. The van der Waals surface area contributed by atoms with Crippen LogP contribution >= 0.6 is 0 Å². The van der Waals surface area contributed by atoms with Gasteiger partial charge in [0.1, 0.15) is 12.0 Å². The fourth-order valence-electron chi connectivity index (χ4n) is 1.32. The molecule has 0 bridgehead atoms. The zero-order valence-electron chi connectivity index (χ0n) is 7.11. The molecule has 2 heterocycles. The molecule has 2 rings (SSSR count). The molecule has 0 spiro atoms. The van der Waals surface area contributed by atoms with Crippen molar-refractivity contribution in [2.24, 2.45) is 0 Å². The van der Waals surface area contributed by atoms with E-state index < -0.39 is 5.95 Å². The first-order chi connectivity index (χ1) is 6.38. The van der Waals surface area contributed by atoms with E-state index in [2.05, 4.69) is 9.97 Å². The van der Waals surface area contributed by atoms with Gasteiger partial charge >= 0.3 is 0 Å². The van der Waals surface area contributed by atoms with E-state index >= 15 is 0 Å². The summed E-state index contributed by atoms with van der Waals surface area (Å²) in [5, 5.41) is 0. The lowest BCUT2D eigenvalue weighted by Crippen LogP contribution is -2.36. The highest BCUT2D eigenvalue weighted by Crippen LogP contribution is 2.15. The molecule has 13 heavy (non-hydrogen) atoms. The van der Waals surface area contributed by atoms with Crippen LogP contribution in [0.15, 0.2) is 12.5 Å². The van der Waals surface area contributed by atoms with Crippen molar-refractivity contribution in [2.75, 3.05) is 31.2 Å². The number of nitrogens with zero attached hydrogens (tertiary/aromatic N) is 3. The Morgan fingerprint density at radius 1 is 1.38 bits per heavy atom. The first-order valence-corrected chi connectivity index (χ1v) is 4.16. The van der Waals surface area contributed by atoms with Crippen molar-refractivity contribution in [3.63, 3.8) is 0 Å². The number of hydrogen-bond acceptors (Lipinski definition) is 4. The Morgan fingerprint density at radius 3 is 2.85 bits per heavy atom. The van der Waals surface area contributed by atoms with E-state index in [1.165, 1.54) is 12.5 Å². The van der Waals surface area contributed by atoms with E-state index in [0.717, 1.165) is 0 Å². The van der Waals surface area contributed by atoms with Crippen LogP contribution in [-0.2, 0) is 4.74 Å². The molecular formula is C8H10FN3O. The van der Waals surface area contributed by atoms with Crippen molar-refractivity contribution in [2.45, 2.75) is 0 Å². The molecule has 0 saturated carbocycles. The fraction of sp³-hybridized carbons (Fsp3) is 0.500. The molecule has 0 radical (unpaired) electrons. The molecule has 1 aromatic rings. The second kappa shape index (κ2) is 3.66. The molecule has 0 N–H and O–H groups in total. The Hall–Kier alpha value is -1.23. The fourth-order valence-corrected chi connectivity index (χ4v) is 1.32. The van der Waals surface area contributed by atoms with Gasteiger partial charge in [0.15, 0.2) is 0 Å². The van der Waals surface area contributed by atoms with Crippen LogP contribution in [0.1, 0.15) is 0 Å². The molecule has 0 amide bonds. The maximum Gasteiger partial charge on any atom is 0.239 e. The zero-order valence-corrected chi connectivity index (χ0v) is 7.11. The van der Waals surface area contributed by atoms with Crippen LogP contribution in [0.5, 0.6) is 0 Å².